The molecular weight excluding hydrogens is 244 g/mol. The van der Waals surface area contributed by atoms with Gasteiger partial charge in [0.25, 0.3) is 0 Å². The number of benzene rings is 1. The van der Waals surface area contributed by atoms with E-state index in [1.807, 2.05) is 0 Å². The standard InChI is InChI=1S/C18H30N2/c1-4-20(5-2)12-8-9-15(3)19-18-13-16-10-6-7-11-17(16)14-18/h6-7,10-11,15,18-19H,4-5,8-9,12-14H2,1-3H3. The Kier molecular flexibility index (Phi) is 6.06. The van der Waals surface area contributed by atoms with E-state index in [9.17, 15) is 0 Å². The smallest absolute Gasteiger partial charge is 0.0150 e. The Bertz CT molecular complexity index is 373. The molecule has 1 N–H and O–H groups in total. The van der Waals surface area contributed by atoms with Gasteiger partial charge >= 0.3 is 0 Å². The Morgan fingerprint density at radius 3 is 2.30 bits per heavy atom. The first kappa shape index (κ1) is 15.5. The van der Waals surface area contributed by atoms with E-state index in [4.69, 9.17) is 0 Å². The molecule has 1 aliphatic rings. The second-order valence-electron chi connectivity index (χ2n) is 6.11. The molecule has 0 saturated heterocycles. The van der Waals surface area contributed by atoms with E-state index in [0.29, 0.717) is 12.1 Å². The summed E-state index contributed by atoms with van der Waals surface area (Å²) in [4.78, 5) is 2.51. The minimum atomic E-state index is 0.630. The molecule has 0 saturated carbocycles. The molecule has 0 aliphatic heterocycles. The maximum atomic E-state index is 3.82. The molecule has 112 valence electrons. The highest BCUT2D eigenvalue weighted by Crippen LogP contribution is 2.22. The highest BCUT2D eigenvalue weighted by molar-refractivity contribution is 5.33. The van der Waals surface area contributed by atoms with Gasteiger partial charge in [0.2, 0.25) is 0 Å². The predicted molar refractivity (Wildman–Crippen MR) is 87.3 cm³/mol. The van der Waals surface area contributed by atoms with Crippen molar-refractivity contribution < 1.29 is 0 Å². The Labute approximate surface area is 124 Å². The average Bonchev–Trinajstić information content (AvgIpc) is 2.85. The number of hydrogen-bond donors (Lipinski definition) is 1. The van der Waals surface area contributed by atoms with Crippen LogP contribution in [0.5, 0.6) is 0 Å². The molecule has 0 fully saturated rings. The molecule has 1 atom stereocenters. The summed E-state index contributed by atoms with van der Waals surface area (Å²) < 4.78 is 0. The van der Waals surface area contributed by atoms with Crippen molar-refractivity contribution >= 4 is 0 Å². The lowest BCUT2D eigenvalue weighted by atomic mass is 10.1. The molecule has 1 aliphatic carbocycles. The summed E-state index contributed by atoms with van der Waals surface area (Å²) in [5, 5.41) is 3.82. The monoisotopic (exact) mass is 274 g/mol. The third-order valence-electron chi connectivity index (χ3n) is 4.58. The second-order valence-corrected chi connectivity index (χ2v) is 6.11. The molecule has 0 spiro atoms. The van der Waals surface area contributed by atoms with Gasteiger partial charge < -0.3 is 10.2 Å². The van der Waals surface area contributed by atoms with E-state index in [2.05, 4.69) is 55.3 Å². The van der Waals surface area contributed by atoms with Crippen LogP contribution in [-0.2, 0) is 12.8 Å². The first-order valence-electron chi connectivity index (χ1n) is 8.28. The number of nitrogens with one attached hydrogen (secondary N) is 1. The number of nitrogens with zero attached hydrogens (tertiary/aromatic N) is 1. The van der Waals surface area contributed by atoms with Crippen LogP contribution in [0.25, 0.3) is 0 Å². The summed E-state index contributed by atoms with van der Waals surface area (Å²) in [5.74, 6) is 0. The van der Waals surface area contributed by atoms with E-state index < -0.39 is 0 Å². The van der Waals surface area contributed by atoms with Crippen LogP contribution in [0.3, 0.4) is 0 Å². The summed E-state index contributed by atoms with van der Waals surface area (Å²) in [6.07, 6.45) is 4.99. The molecule has 1 aromatic rings. The molecule has 0 heterocycles. The van der Waals surface area contributed by atoms with Gasteiger partial charge in [-0.15, -0.1) is 0 Å². The van der Waals surface area contributed by atoms with Crippen LogP contribution >= 0.6 is 0 Å². The molecule has 20 heavy (non-hydrogen) atoms. The molecule has 0 radical (unpaired) electrons. The number of fused-ring (bicyclic) bond motifs is 1. The van der Waals surface area contributed by atoms with Crippen LogP contribution in [0.2, 0.25) is 0 Å². The molecule has 0 aromatic heterocycles. The topological polar surface area (TPSA) is 15.3 Å². The number of hydrogen-bond acceptors (Lipinski definition) is 2. The van der Waals surface area contributed by atoms with Gasteiger partial charge in [0.1, 0.15) is 0 Å². The van der Waals surface area contributed by atoms with E-state index in [-0.39, 0.29) is 0 Å². The molecule has 2 rings (SSSR count). The molecule has 1 aromatic carbocycles. The SMILES string of the molecule is CCN(CC)CCCC(C)NC1Cc2ccccc2C1. The maximum Gasteiger partial charge on any atom is 0.0150 e. The van der Waals surface area contributed by atoms with Crippen LogP contribution in [0.15, 0.2) is 24.3 Å². The van der Waals surface area contributed by atoms with Gasteiger partial charge in [-0.25, -0.2) is 0 Å². The number of rotatable bonds is 8. The fourth-order valence-electron chi connectivity index (χ4n) is 3.32. The quantitative estimate of drug-likeness (QED) is 0.783. The van der Waals surface area contributed by atoms with Gasteiger partial charge in [0.15, 0.2) is 0 Å². The molecule has 2 heteroatoms. The molecular formula is C18H30N2. The Balaban J connectivity index is 1.67. The molecule has 0 amide bonds. The minimum Gasteiger partial charge on any atom is -0.311 e. The zero-order valence-electron chi connectivity index (χ0n) is 13.4. The summed E-state index contributed by atoms with van der Waals surface area (Å²) >= 11 is 0. The van der Waals surface area contributed by atoms with Crippen LogP contribution in [0, 0.1) is 0 Å². The molecule has 0 bridgehead atoms. The zero-order chi connectivity index (χ0) is 14.4. The lowest BCUT2D eigenvalue weighted by molar-refractivity contribution is 0.288. The first-order chi connectivity index (χ1) is 9.72. The Morgan fingerprint density at radius 1 is 1.15 bits per heavy atom. The van der Waals surface area contributed by atoms with Crippen molar-refractivity contribution in [1.82, 2.24) is 10.2 Å². The van der Waals surface area contributed by atoms with Crippen molar-refractivity contribution in [1.29, 1.82) is 0 Å². The fraction of sp³-hybridized carbons (Fsp3) is 0.667. The van der Waals surface area contributed by atoms with Crippen LogP contribution in [0.1, 0.15) is 44.7 Å². The van der Waals surface area contributed by atoms with Gasteiger partial charge in [0.05, 0.1) is 0 Å². The van der Waals surface area contributed by atoms with Crippen LogP contribution < -0.4 is 5.32 Å². The predicted octanol–water partition coefficient (Wildman–Crippen LogP) is 3.25. The van der Waals surface area contributed by atoms with Crippen molar-refractivity contribution in [2.24, 2.45) is 0 Å². The Hall–Kier alpha value is -0.860. The summed E-state index contributed by atoms with van der Waals surface area (Å²) in [6.45, 7) is 10.4. The van der Waals surface area contributed by atoms with Gasteiger partial charge in [-0.1, -0.05) is 38.1 Å². The third kappa shape index (κ3) is 4.32. The maximum absolute atomic E-state index is 3.82. The highest BCUT2D eigenvalue weighted by atomic mass is 15.1. The van der Waals surface area contributed by atoms with E-state index in [1.54, 1.807) is 11.1 Å². The summed E-state index contributed by atoms with van der Waals surface area (Å²) in [6, 6.07) is 10.2. The van der Waals surface area contributed by atoms with Crippen LogP contribution in [-0.4, -0.2) is 36.6 Å². The summed E-state index contributed by atoms with van der Waals surface area (Å²) in [5.41, 5.74) is 3.08. The average molecular weight is 274 g/mol. The van der Waals surface area contributed by atoms with E-state index >= 15 is 0 Å². The second kappa shape index (κ2) is 7.80. The van der Waals surface area contributed by atoms with Crippen molar-refractivity contribution in [2.45, 2.75) is 58.5 Å². The van der Waals surface area contributed by atoms with Crippen molar-refractivity contribution in [3.63, 3.8) is 0 Å². The minimum absolute atomic E-state index is 0.630. The van der Waals surface area contributed by atoms with Crippen LogP contribution in [0.4, 0.5) is 0 Å². The highest BCUT2D eigenvalue weighted by Gasteiger charge is 2.21. The van der Waals surface area contributed by atoms with E-state index in [1.165, 1.54) is 45.3 Å². The largest absolute Gasteiger partial charge is 0.311 e. The first-order valence-corrected chi connectivity index (χ1v) is 8.28. The summed E-state index contributed by atoms with van der Waals surface area (Å²) in [7, 11) is 0. The lowest BCUT2D eigenvalue weighted by Crippen LogP contribution is -2.37. The Morgan fingerprint density at radius 2 is 1.75 bits per heavy atom. The molecule has 1 unspecified atom stereocenters. The van der Waals surface area contributed by atoms with E-state index in [0.717, 1.165) is 0 Å². The zero-order valence-corrected chi connectivity index (χ0v) is 13.4. The van der Waals surface area contributed by atoms with Gasteiger partial charge in [-0.3, -0.25) is 0 Å². The van der Waals surface area contributed by atoms with Crippen molar-refractivity contribution in [3.8, 4) is 0 Å². The van der Waals surface area contributed by atoms with Gasteiger partial charge in [-0.05, 0) is 63.4 Å². The normalized spacial score (nSPS) is 16.6. The lowest BCUT2D eigenvalue weighted by Gasteiger charge is -2.22. The van der Waals surface area contributed by atoms with Gasteiger partial charge in [0, 0.05) is 12.1 Å². The molecule has 2 nitrogen and oxygen atoms in total. The van der Waals surface area contributed by atoms with Crippen molar-refractivity contribution in [3.05, 3.63) is 35.4 Å². The third-order valence-corrected chi connectivity index (χ3v) is 4.58. The fourth-order valence-corrected chi connectivity index (χ4v) is 3.32. The van der Waals surface area contributed by atoms with Gasteiger partial charge in [-0.2, -0.15) is 0 Å². The van der Waals surface area contributed by atoms with Crippen molar-refractivity contribution in [2.75, 3.05) is 19.6 Å².